The molecule has 4 aliphatic heterocycles. The van der Waals surface area contributed by atoms with Gasteiger partial charge < -0.3 is 24.5 Å². The Morgan fingerprint density at radius 1 is 0.905 bits per heavy atom. The number of aliphatic hydroxyl groups is 1. The molecule has 6 atom stereocenters. The van der Waals surface area contributed by atoms with Crippen LogP contribution >= 0.6 is 0 Å². The average molecular weight is 564 g/mol. The van der Waals surface area contributed by atoms with Crippen molar-refractivity contribution in [3.8, 4) is 0 Å². The lowest BCUT2D eigenvalue weighted by atomic mass is 9.77. The van der Waals surface area contributed by atoms with Gasteiger partial charge in [-0.1, -0.05) is 85.0 Å². The van der Waals surface area contributed by atoms with Crippen LogP contribution in [-0.2, 0) is 25.7 Å². The quantitative estimate of drug-likeness (QED) is 0.482. The van der Waals surface area contributed by atoms with E-state index in [4.69, 9.17) is 4.74 Å². The topological polar surface area (TPSA) is 90.4 Å². The Kier molecular flexibility index (Phi) is 6.48. The van der Waals surface area contributed by atoms with Gasteiger partial charge in [-0.05, 0) is 35.4 Å². The Morgan fingerprint density at radius 2 is 1.67 bits per heavy atom. The van der Waals surface area contributed by atoms with E-state index in [0.29, 0.717) is 25.3 Å². The minimum Gasteiger partial charge on any atom is -0.394 e. The number of nitrogens with zero attached hydrogens (tertiary/aromatic N) is 3. The summed E-state index contributed by atoms with van der Waals surface area (Å²) in [5.74, 6) is -2.48. The van der Waals surface area contributed by atoms with Gasteiger partial charge in [0.15, 0.2) is 0 Å². The lowest BCUT2D eigenvalue weighted by Crippen LogP contribution is -2.57. The molecule has 2 saturated heterocycles. The third-order valence-electron chi connectivity index (χ3n) is 9.18. The third kappa shape index (κ3) is 4.01. The predicted octanol–water partition coefficient (Wildman–Crippen LogP) is 3.30. The molecule has 0 aromatic heterocycles. The Bertz CT molecular complexity index is 1620. The summed E-state index contributed by atoms with van der Waals surface area (Å²) >= 11 is 0. The summed E-state index contributed by atoms with van der Waals surface area (Å²) in [6.45, 7) is 2.51. The molecule has 1 spiro atoms. The molecule has 1 N–H and O–H groups in total. The number of ether oxygens (including phenoxy) is 1. The first-order valence-electron chi connectivity index (χ1n) is 14.5. The van der Waals surface area contributed by atoms with Crippen LogP contribution in [0.4, 0.5) is 5.69 Å². The molecule has 8 nitrogen and oxygen atoms in total. The van der Waals surface area contributed by atoms with E-state index < -0.39 is 35.6 Å². The maximum Gasteiger partial charge on any atom is 0.253 e. The van der Waals surface area contributed by atoms with Gasteiger partial charge in [0.2, 0.25) is 11.8 Å². The highest BCUT2D eigenvalue weighted by Gasteiger charge is 2.72. The van der Waals surface area contributed by atoms with E-state index in [1.807, 2.05) is 97.1 Å². The molecule has 0 saturated carbocycles. The van der Waals surface area contributed by atoms with E-state index in [0.717, 1.165) is 16.3 Å². The van der Waals surface area contributed by atoms with Crippen molar-refractivity contribution in [2.24, 2.45) is 11.8 Å². The number of carbonyl (C=O) groups is 3. The van der Waals surface area contributed by atoms with Gasteiger partial charge in [-0.15, -0.1) is 0 Å². The third-order valence-corrected chi connectivity index (χ3v) is 9.18. The van der Waals surface area contributed by atoms with Crippen LogP contribution in [0.25, 0.3) is 10.8 Å². The first kappa shape index (κ1) is 26.6. The van der Waals surface area contributed by atoms with Crippen molar-refractivity contribution in [2.45, 2.75) is 37.3 Å². The fourth-order valence-corrected chi connectivity index (χ4v) is 7.21. The molecule has 4 aliphatic rings. The molecule has 4 heterocycles. The van der Waals surface area contributed by atoms with Crippen molar-refractivity contribution in [3.63, 3.8) is 0 Å². The van der Waals surface area contributed by atoms with Crippen LogP contribution in [-0.4, -0.2) is 76.1 Å². The van der Waals surface area contributed by atoms with Gasteiger partial charge in [0, 0.05) is 25.3 Å². The summed E-state index contributed by atoms with van der Waals surface area (Å²) in [5.41, 5.74) is 0.368. The van der Waals surface area contributed by atoms with Crippen molar-refractivity contribution in [1.29, 1.82) is 0 Å². The van der Waals surface area contributed by atoms with Gasteiger partial charge in [-0.3, -0.25) is 14.4 Å². The molecular weight excluding hydrogens is 530 g/mol. The van der Waals surface area contributed by atoms with E-state index in [1.54, 1.807) is 16.7 Å². The number of rotatable bonds is 5. The predicted molar refractivity (Wildman–Crippen MR) is 158 cm³/mol. The fourth-order valence-electron chi connectivity index (χ4n) is 7.21. The van der Waals surface area contributed by atoms with Gasteiger partial charge in [-0.2, -0.15) is 0 Å². The second kappa shape index (κ2) is 10.2. The monoisotopic (exact) mass is 563 g/mol. The number of anilines is 1. The summed E-state index contributed by atoms with van der Waals surface area (Å²) in [5, 5.41) is 12.3. The smallest absolute Gasteiger partial charge is 0.253 e. The van der Waals surface area contributed by atoms with Crippen LogP contribution in [0.1, 0.15) is 12.5 Å². The number of carbonyl (C=O) groups excluding carboxylic acids is 3. The van der Waals surface area contributed by atoms with Crippen molar-refractivity contribution in [1.82, 2.24) is 9.80 Å². The zero-order valence-corrected chi connectivity index (χ0v) is 23.4. The van der Waals surface area contributed by atoms with Gasteiger partial charge >= 0.3 is 0 Å². The first-order valence-corrected chi connectivity index (χ1v) is 14.5. The van der Waals surface area contributed by atoms with E-state index in [2.05, 4.69) is 0 Å². The van der Waals surface area contributed by atoms with Gasteiger partial charge in [0.05, 0.1) is 30.6 Å². The number of benzene rings is 3. The second-order valence-corrected chi connectivity index (χ2v) is 11.6. The number of likely N-dealkylation sites (tertiary alicyclic amines) is 1. The van der Waals surface area contributed by atoms with Crippen molar-refractivity contribution in [2.75, 3.05) is 24.6 Å². The Balaban J connectivity index is 1.29. The summed E-state index contributed by atoms with van der Waals surface area (Å²) < 4.78 is 6.72. The van der Waals surface area contributed by atoms with Crippen LogP contribution in [0.5, 0.6) is 0 Å². The van der Waals surface area contributed by atoms with E-state index in [-0.39, 0.29) is 24.3 Å². The highest BCUT2D eigenvalue weighted by molar-refractivity contribution is 6.06. The summed E-state index contributed by atoms with van der Waals surface area (Å²) in [6.07, 6.45) is 6.85. The Hall–Kier alpha value is -4.27. The highest BCUT2D eigenvalue weighted by atomic mass is 16.5. The summed E-state index contributed by atoms with van der Waals surface area (Å²) in [7, 11) is 0. The molecule has 2 fully saturated rings. The number of fused-ring (bicyclic) bond motifs is 3. The van der Waals surface area contributed by atoms with Crippen molar-refractivity contribution >= 4 is 34.2 Å². The van der Waals surface area contributed by atoms with Gasteiger partial charge in [0.1, 0.15) is 11.6 Å². The molecule has 0 aliphatic carbocycles. The molecular formula is C34H33N3O5. The molecule has 0 radical (unpaired) electrons. The molecule has 3 amide bonds. The number of hydrogen-bond donors (Lipinski definition) is 1. The molecule has 7 rings (SSSR count). The van der Waals surface area contributed by atoms with Crippen LogP contribution in [0.2, 0.25) is 0 Å². The molecule has 0 bridgehead atoms. The highest BCUT2D eigenvalue weighted by Crippen LogP contribution is 2.54. The van der Waals surface area contributed by atoms with E-state index >= 15 is 0 Å². The summed E-state index contributed by atoms with van der Waals surface area (Å²) in [4.78, 5) is 48.0. The van der Waals surface area contributed by atoms with E-state index in [9.17, 15) is 19.5 Å². The maximum absolute atomic E-state index is 14.6. The lowest BCUT2D eigenvalue weighted by Gasteiger charge is -2.37. The van der Waals surface area contributed by atoms with Crippen LogP contribution in [0.3, 0.4) is 0 Å². The molecule has 42 heavy (non-hydrogen) atoms. The minimum atomic E-state index is -1.34. The lowest BCUT2D eigenvalue weighted by molar-refractivity contribution is -0.146. The molecule has 1 unspecified atom stereocenters. The minimum absolute atomic E-state index is 0.169. The zero-order chi connectivity index (χ0) is 29.0. The summed E-state index contributed by atoms with van der Waals surface area (Å²) in [6, 6.07) is 21.9. The molecule has 3 aromatic rings. The Morgan fingerprint density at radius 3 is 2.45 bits per heavy atom. The molecule has 8 heteroatoms. The maximum atomic E-state index is 14.6. The number of hydrogen-bond acceptors (Lipinski definition) is 5. The first-order chi connectivity index (χ1) is 20.4. The Labute approximate surface area is 244 Å². The van der Waals surface area contributed by atoms with Crippen LogP contribution in [0, 0.1) is 11.8 Å². The van der Waals surface area contributed by atoms with Crippen LogP contribution in [0.15, 0.2) is 97.1 Å². The standard InChI is InChI=1S/C34H33N3O5/c1-22(21-38)37-30-33(41)36(26-15-14-24-11-5-6-12-25(24)19-26)18-8-16-34(30)29(32(37)40)28-27(42-34)13-7-17-35(31(28)39)20-23-9-3-2-4-10-23/h2-16,19,22,27-30,38H,17-18,20-21H2,1H3/t22-,27-,28+,29+,30?,34+/m1/s1. The van der Waals surface area contributed by atoms with Crippen molar-refractivity contribution < 1.29 is 24.2 Å². The SMILES string of the molecule is C[C@H](CO)N1C(=O)[C@@H]2[C@H]3C(=O)N(Cc4ccccc4)CC=C[C@H]3O[C@@]23C=CCN(c2ccc4ccccc4c2)C(=O)C13. The van der Waals surface area contributed by atoms with Crippen molar-refractivity contribution in [3.05, 3.63) is 103 Å². The normalized spacial score (nSPS) is 29.4. The average Bonchev–Trinajstić information content (AvgIpc) is 3.34. The van der Waals surface area contributed by atoms with Gasteiger partial charge in [0.25, 0.3) is 5.91 Å². The molecule has 214 valence electrons. The number of amides is 3. The molecule has 3 aromatic carbocycles. The van der Waals surface area contributed by atoms with Gasteiger partial charge in [-0.25, -0.2) is 0 Å². The number of aliphatic hydroxyl groups excluding tert-OH is 1. The van der Waals surface area contributed by atoms with Crippen LogP contribution < -0.4 is 4.90 Å². The largest absolute Gasteiger partial charge is 0.394 e. The second-order valence-electron chi connectivity index (χ2n) is 11.6. The zero-order valence-electron chi connectivity index (χ0n) is 23.4. The van der Waals surface area contributed by atoms with E-state index in [1.165, 1.54) is 4.90 Å². The fraction of sp³-hybridized carbons (Fsp3) is 0.324.